The smallest absolute Gasteiger partial charge is 0.256 e. The minimum absolute atomic E-state index is 0.0149. The predicted octanol–water partition coefficient (Wildman–Crippen LogP) is 3.46. The van der Waals surface area contributed by atoms with Crippen LogP contribution in [0.25, 0.3) is 11.1 Å². The van der Waals surface area contributed by atoms with Gasteiger partial charge < -0.3 is 14.9 Å². The fourth-order valence-corrected chi connectivity index (χ4v) is 3.22. The van der Waals surface area contributed by atoms with Crippen molar-refractivity contribution in [3.8, 4) is 0 Å². The Morgan fingerprint density at radius 2 is 2.32 bits per heavy atom. The third kappa shape index (κ3) is 2.87. The van der Waals surface area contributed by atoms with Gasteiger partial charge in [-0.05, 0) is 38.8 Å². The van der Waals surface area contributed by atoms with E-state index in [0.717, 1.165) is 29.7 Å². The molecule has 0 radical (unpaired) electrons. The van der Waals surface area contributed by atoms with E-state index in [2.05, 4.69) is 18.8 Å². The molecule has 1 aromatic heterocycles. The zero-order valence-corrected chi connectivity index (χ0v) is 12.0. The van der Waals surface area contributed by atoms with Gasteiger partial charge in [-0.25, -0.2) is 4.98 Å². The number of rotatable bonds is 3. The molecular formula is C14H18N2O2S. The van der Waals surface area contributed by atoms with Gasteiger partial charge in [-0.1, -0.05) is 11.8 Å². The van der Waals surface area contributed by atoms with Crippen LogP contribution in [0.5, 0.6) is 0 Å². The van der Waals surface area contributed by atoms with Crippen LogP contribution in [-0.4, -0.2) is 22.4 Å². The molecule has 1 aromatic carbocycles. The number of nitrogens with two attached hydrogens (primary N) is 1. The zero-order chi connectivity index (χ0) is 13.5. The maximum absolute atomic E-state index is 5.95. The van der Waals surface area contributed by atoms with Gasteiger partial charge in [0.05, 0.1) is 11.7 Å². The molecule has 1 atom stereocenters. The van der Waals surface area contributed by atoms with Crippen LogP contribution in [0.2, 0.25) is 0 Å². The lowest BCUT2D eigenvalue weighted by molar-refractivity contribution is -0.00473. The van der Waals surface area contributed by atoms with E-state index in [1.807, 2.05) is 18.2 Å². The standard InChI is InChI=1S/C14H18N2O2S/c1-14(2)6-5-10(18-14)8-19-13-16-11-4-3-9(15)7-12(11)17-13/h3-4,7,10H,5-6,8,15H2,1-2H3. The van der Waals surface area contributed by atoms with Gasteiger partial charge in [0.2, 0.25) is 0 Å². The number of oxazole rings is 1. The number of hydrogen-bond acceptors (Lipinski definition) is 5. The monoisotopic (exact) mass is 278 g/mol. The minimum Gasteiger partial charge on any atom is -0.431 e. The lowest BCUT2D eigenvalue weighted by atomic mass is 10.1. The van der Waals surface area contributed by atoms with Crippen molar-refractivity contribution in [3.63, 3.8) is 0 Å². The Kier molecular flexibility index (Phi) is 3.19. The van der Waals surface area contributed by atoms with Crippen molar-refractivity contribution in [1.29, 1.82) is 0 Å². The van der Waals surface area contributed by atoms with Crippen LogP contribution in [0.15, 0.2) is 27.8 Å². The molecule has 3 rings (SSSR count). The van der Waals surface area contributed by atoms with Crippen LogP contribution in [0.3, 0.4) is 0 Å². The van der Waals surface area contributed by atoms with Crippen LogP contribution >= 0.6 is 11.8 Å². The van der Waals surface area contributed by atoms with E-state index in [1.54, 1.807) is 11.8 Å². The molecule has 1 unspecified atom stereocenters. The summed E-state index contributed by atoms with van der Waals surface area (Å²) in [5.74, 6) is 0.881. The highest BCUT2D eigenvalue weighted by Crippen LogP contribution is 2.33. The topological polar surface area (TPSA) is 61.3 Å². The Morgan fingerprint density at radius 3 is 3.05 bits per heavy atom. The Labute approximate surface area is 116 Å². The molecule has 0 saturated carbocycles. The molecule has 4 nitrogen and oxygen atoms in total. The molecule has 0 spiro atoms. The number of benzene rings is 1. The lowest BCUT2D eigenvalue weighted by Gasteiger charge is -2.18. The Bertz CT molecular complexity index is 594. The summed E-state index contributed by atoms with van der Waals surface area (Å²) in [5.41, 5.74) is 8.03. The van der Waals surface area contributed by atoms with Crippen LogP contribution in [0.4, 0.5) is 5.69 Å². The molecule has 0 amide bonds. The lowest BCUT2D eigenvalue weighted by Crippen LogP contribution is -2.21. The van der Waals surface area contributed by atoms with Crippen molar-refractivity contribution in [2.24, 2.45) is 0 Å². The Hall–Kier alpha value is -1.20. The maximum atomic E-state index is 5.95. The molecule has 2 N–H and O–H groups in total. The molecule has 2 heterocycles. The predicted molar refractivity (Wildman–Crippen MR) is 77.3 cm³/mol. The molecule has 1 aliphatic rings. The van der Waals surface area contributed by atoms with Gasteiger partial charge in [-0.3, -0.25) is 0 Å². The Balaban J connectivity index is 1.66. The van der Waals surface area contributed by atoms with Crippen molar-refractivity contribution < 1.29 is 9.15 Å². The van der Waals surface area contributed by atoms with Gasteiger partial charge in [0.15, 0.2) is 5.58 Å². The number of ether oxygens (including phenoxy) is 1. The highest BCUT2D eigenvalue weighted by molar-refractivity contribution is 7.99. The summed E-state index contributed by atoms with van der Waals surface area (Å²) in [6.45, 7) is 4.28. The number of thioether (sulfide) groups is 1. The molecule has 0 aliphatic carbocycles. The van der Waals surface area contributed by atoms with E-state index in [4.69, 9.17) is 14.9 Å². The molecule has 1 fully saturated rings. The third-order valence-electron chi connectivity index (χ3n) is 3.34. The molecule has 0 bridgehead atoms. The fraction of sp³-hybridized carbons (Fsp3) is 0.500. The first kappa shape index (κ1) is 12.8. The molecule has 19 heavy (non-hydrogen) atoms. The van der Waals surface area contributed by atoms with Crippen LogP contribution in [-0.2, 0) is 4.74 Å². The minimum atomic E-state index is 0.0149. The molecule has 1 aliphatic heterocycles. The summed E-state index contributed by atoms with van der Waals surface area (Å²) in [6, 6.07) is 5.52. The molecule has 102 valence electrons. The van der Waals surface area contributed by atoms with Gasteiger partial charge in [0.25, 0.3) is 5.22 Å². The molecule has 1 saturated heterocycles. The van der Waals surface area contributed by atoms with Gasteiger partial charge >= 0.3 is 0 Å². The number of anilines is 1. The van der Waals surface area contributed by atoms with Gasteiger partial charge in [0.1, 0.15) is 5.52 Å². The third-order valence-corrected chi connectivity index (χ3v) is 4.30. The SMILES string of the molecule is CC1(C)CCC(CSc2nc3ccc(N)cc3o2)O1. The zero-order valence-electron chi connectivity index (χ0n) is 11.2. The van der Waals surface area contributed by atoms with E-state index in [9.17, 15) is 0 Å². The number of nitrogens with zero attached hydrogens (tertiary/aromatic N) is 1. The second-order valence-electron chi connectivity index (χ2n) is 5.56. The molecule has 5 heteroatoms. The second-order valence-corrected chi connectivity index (χ2v) is 6.53. The summed E-state index contributed by atoms with van der Waals surface area (Å²) in [7, 11) is 0. The largest absolute Gasteiger partial charge is 0.431 e. The number of aromatic nitrogens is 1. The average molecular weight is 278 g/mol. The number of hydrogen-bond donors (Lipinski definition) is 1. The number of nitrogen functional groups attached to an aromatic ring is 1. The second kappa shape index (κ2) is 4.72. The Morgan fingerprint density at radius 1 is 1.47 bits per heavy atom. The van der Waals surface area contributed by atoms with E-state index >= 15 is 0 Å². The normalized spacial score (nSPS) is 22.1. The van der Waals surface area contributed by atoms with Crippen LogP contribution < -0.4 is 5.73 Å². The first-order valence-corrected chi connectivity index (χ1v) is 7.47. The average Bonchev–Trinajstić information content (AvgIpc) is 2.89. The fourth-order valence-electron chi connectivity index (χ4n) is 2.34. The van der Waals surface area contributed by atoms with Crippen molar-refractivity contribution in [3.05, 3.63) is 18.2 Å². The highest BCUT2D eigenvalue weighted by atomic mass is 32.2. The summed E-state index contributed by atoms with van der Waals surface area (Å²) in [6.07, 6.45) is 2.51. The van der Waals surface area contributed by atoms with Gasteiger partial charge in [-0.15, -0.1) is 0 Å². The summed E-state index contributed by atoms with van der Waals surface area (Å²) >= 11 is 1.61. The molecular weight excluding hydrogens is 260 g/mol. The van der Waals surface area contributed by atoms with Gasteiger partial charge in [-0.2, -0.15) is 0 Å². The van der Waals surface area contributed by atoms with E-state index in [-0.39, 0.29) is 5.60 Å². The van der Waals surface area contributed by atoms with Crippen molar-refractivity contribution in [1.82, 2.24) is 4.98 Å². The van der Waals surface area contributed by atoms with E-state index in [0.29, 0.717) is 17.0 Å². The van der Waals surface area contributed by atoms with Crippen LogP contribution in [0, 0.1) is 0 Å². The molecule has 2 aromatic rings. The van der Waals surface area contributed by atoms with Crippen molar-refractivity contribution in [2.45, 2.75) is 43.6 Å². The first-order chi connectivity index (χ1) is 9.02. The quantitative estimate of drug-likeness (QED) is 0.688. The van der Waals surface area contributed by atoms with Crippen molar-refractivity contribution >= 4 is 28.5 Å². The number of fused-ring (bicyclic) bond motifs is 1. The highest BCUT2D eigenvalue weighted by Gasteiger charge is 2.31. The van der Waals surface area contributed by atoms with E-state index < -0.39 is 0 Å². The maximum Gasteiger partial charge on any atom is 0.256 e. The van der Waals surface area contributed by atoms with Gasteiger partial charge in [0, 0.05) is 17.5 Å². The summed E-state index contributed by atoms with van der Waals surface area (Å²) < 4.78 is 11.6. The summed E-state index contributed by atoms with van der Waals surface area (Å²) in [5, 5.41) is 0.689. The first-order valence-electron chi connectivity index (χ1n) is 6.48. The summed E-state index contributed by atoms with van der Waals surface area (Å²) in [4.78, 5) is 4.44. The van der Waals surface area contributed by atoms with Crippen LogP contribution in [0.1, 0.15) is 26.7 Å². The van der Waals surface area contributed by atoms with E-state index in [1.165, 1.54) is 0 Å². The van der Waals surface area contributed by atoms with Crippen molar-refractivity contribution in [2.75, 3.05) is 11.5 Å².